The second-order valence-corrected chi connectivity index (χ2v) is 5.86. The van der Waals surface area contributed by atoms with Crippen molar-refractivity contribution in [1.29, 1.82) is 0 Å². The van der Waals surface area contributed by atoms with Gasteiger partial charge in [-0.15, -0.1) is 0 Å². The minimum absolute atomic E-state index is 0.0700. The van der Waals surface area contributed by atoms with Gasteiger partial charge in [0, 0.05) is 23.6 Å². The summed E-state index contributed by atoms with van der Waals surface area (Å²) < 4.78 is 5.71. The highest BCUT2D eigenvalue weighted by Crippen LogP contribution is 2.20. The second-order valence-electron chi connectivity index (χ2n) is 5.00. The quantitative estimate of drug-likeness (QED) is 0.621. The van der Waals surface area contributed by atoms with Crippen molar-refractivity contribution >= 4 is 33.9 Å². The normalized spacial score (nSPS) is 18.8. The van der Waals surface area contributed by atoms with Crippen LogP contribution in [-0.2, 0) is 14.3 Å². The van der Waals surface area contributed by atoms with Crippen molar-refractivity contribution in [2.24, 2.45) is 5.92 Å². The van der Waals surface area contributed by atoms with Gasteiger partial charge >= 0.3 is 5.97 Å². The van der Waals surface area contributed by atoms with Crippen molar-refractivity contribution in [3.8, 4) is 0 Å². The Morgan fingerprint density at radius 2 is 2.14 bits per heavy atom. The lowest BCUT2D eigenvalue weighted by Crippen LogP contribution is -2.41. The maximum atomic E-state index is 12.2. The van der Waals surface area contributed by atoms with Gasteiger partial charge in [-0.05, 0) is 30.5 Å². The molecule has 1 aliphatic heterocycles. The smallest absolute Gasteiger partial charge is 0.310 e. The molecule has 0 N–H and O–H groups in total. The van der Waals surface area contributed by atoms with Crippen molar-refractivity contribution in [1.82, 2.24) is 4.90 Å². The van der Waals surface area contributed by atoms with Crippen molar-refractivity contribution in [2.75, 3.05) is 20.2 Å². The van der Waals surface area contributed by atoms with Gasteiger partial charge in [0.05, 0.1) is 13.0 Å². The van der Waals surface area contributed by atoms with Gasteiger partial charge in [-0.2, -0.15) is 0 Å². The molecule has 1 amide bonds. The fourth-order valence-corrected chi connectivity index (χ4v) is 2.83. The number of piperidine rings is 1. The maximum Gasteiger partial charge on any atom is 0.310 e. The van der Waals surface area contributed by atoms with Crippen LogP contribution in [0.2, 0.25) is 0 Å². The maximum absolute atomic E-state index is 12.2. The van der Waals surface area contributed by atoms with Crippen LogP contribution in [-0.4, -0.2) is 37.0 Å². The number of methoxy groups -OCH3 is 1. The molecule has 1 fully saturated rings. The van der Waals surface area contributed by atoms with E-state index in [0.29, 0.717) is 13.1 Å². The summed E-state index contributed by atoms with van der Waals surface area (Å²) in [6, 6.07) is 7.71. The summed E-state index contributed by atoms with van der Waals surface area (Å²) in [5.74, 6) is -0.508. The molecule has 1 aromatic carbocycles. The van der Waals surface area contributed by atoms with Crippen LogP contribution < -0.4 is 0 Å². The molecule has 0 unspecified atom stereocenters. The number of nitrogens with zero attached hydrogens (tertiary/aromatic N) is 1. The SMILES string of the molecule is COC(=O)[C@H]1CCCN(C(=O)/C=C/c2ccccc2Br)C1. The van der Waals surface area contributed by atoms with E-state index in [4.69, 9.17) is 4.74 Å². The number of hydrogen-bond donors (Lipinski definition) is 0. The Morgan fingerprint density at radius 3 is 2.86 bits per heavy atom. The van der Waals surface area contributed by atoms with Crippen LogP contribution >= 0.6 is 15.9 Å². The fourth-order valence-electron chi connectivity index (χ4n) is 2.41. The zero-order valence-electron chi connectivity index (χ0n) is 11.9. The lowest BCUT2D eigenvalue weighted by molar-refractivity contribution is -0.148. The number of esters is 1. The topological polar surface area (TPSA) is 46.6 Å². The summed E-state index contributed by atoms with van der Waals surface area (Å²) in [6.45, 7) is 1.12. The highest BCUT2D eigenvalue weighted by atomic mass is 79.9. The number of ether oxygens (including phenoxy) is 1. The number of carbonyl (C=O) groups excluding carboxylic acids is 2. The Balaban J connectivity index is 2.00. The molecule has 0 aromatic heterocycles. The standard InChI is InChI=1S/C16H18BrNO3/c1-21-16(20)13-6-4-10-18(11-13)15(19)9-8-12-5-2-3-7-14(12)17/h2-3,5,7-9,13H,4,6,10-11H2,1H3/b9-8+/t13-/m0/s1. The van der Waals surface area contributed by atoms with Gasteiger partial charge < -0.3 is 9.64 Å². The van der Waals surface area contributed by atoms with E-state index in [1.54, 1.807) is 17.1 Å². The molecular weight excluding hydrogens is 334 g/mol. The van der Waals surface area contributed by atoms with Gasteiger partial charge in [0.2, 0.25) is 5.91 Å². The molecule has 1 atom stereocenters. The minimum Gasteiger partial charge on any atom is -0.469 e. The Hall–Kier alpha value is -1.62. The molecule has 1 aliphatic rings. The molecule has 21 heavy (non-hydrogen) atoms. The Morgan fingerprint density at radius 1 is 1.38 bits per heavy atom. The van der Waals surface area contributed by atoms with Crippen LogP contribution in [0.15, 0.2) is 34.8 Å². The molecule has 0 radical (unpaired) electrons. The van der Waals surface area contributed by atoms with Crippen LogP contribution in [0, 0.1) is 5.92 Å². The van der Waals surface area contributed by atoms with E-state index >= 15 is 0 Å². The second kappa shape index (κ2) is 7.41. The predicted molar refractivity (Wildman–Crippen MR) is 84.5 cm³/mol. The summed E-state index contributed by atoms with van der Waals surface area (Å²) in [4.78, 5) is 25.5. The number of carbonyl (C=O) groups is 2. The van der Waals surface area contributed by atoms with Crippen LogP contribution in [0.5, 0.6) is 0 Å². The number of amides is 1. The molecule has 0 bridgehead atoms. The van der Waals surface area contributed by atoms with Crippen molar-refractivity contribution in [3.63, 3.8) is 0 Å². The zero-order valence-corrected chi connectivity index (χ0v) is 13.5. The van der Waals surface area contributed by atoms with E-state index in [1.807, 2.05) is 24.3 Å². The third-order valence-corrected chi connectivity index (χ3v) is 4.30. The van der Waals surface area contributed by atoms with E-state index in [1.165, 1.54) is 7.11 Å². The number of hydrogen-bond acceptors (Lipinski definition) is 3. The molecule has 5 heteroatoms. The number of rotatable bonds is 3. The van der Waals surface area contributed by atoms with Gasteiger partial charge in [0.25, 0.3) is 0 Å². The highest BCUT2D eigenvalue weighted by Gasteiger charge is 2.28. The Bertz CT molecular complexity index is 556. The first kappa shape index (κ1) is 15.8. The van der Waals surface area contributed by atoms with Crippen LogP contribution in [0.4, 0.5) is 0 Å². The number of halogens is 1. The molecule has 112 valence electrons. The summed E-state index contributed by atoms with van der Waals surface area (Å²) in [5.41, 5.74) is 0.951. The fraction of sp³-hybridized carbons (Fsp3) is 0.375. The molecular formula is C16H18BrNO3. The first-order chi connectivity index (χ1) is 10.1. The van der Waals surface area contributed by atoms with Gasteiger partial charge in [-0.3, -0.25) is 9.59 Å². The first-order valence-corrected chi connectivity index (χ1v) is 7.70. The summed E-state index contributed by atoms with van der Waals surface area (Å²) in [5, 5.41) is 0. The summed E-state index contributed by atoms with van der Waals surface area (Å²) >= 11 is 3.44. The van der Waals surface area contributed by atoms with E-state index in [-0.39, 0.29) is 17.8 Å². The zero-order chi connectivity index (χ0) is 15.2. The summed E-state index contributed by atoms with van der Waals surface area (Å²) in [7, 11) is 1.38. The molecule has 4 nitrogen and oxygen atoms in total. The molecule has 0 spiro atoms. The predicted octanol–water partition coefficient (Wildman–Crippen LogP) is 2.87. The van der Waals surface area contributed by atoms with Gasteiger partial charge in [-0.1, -0.05) is 34.1 Å². The third kappa shape index (κ3) is 4.17. The molecule has 1 heterocycles. The van der Waals surface area contributed by atoms with Crippen LogP contribution in [0.1, 0.15) is 18.4 Å². The molecule has 0 saturated carbocycles. The van der Waals surface area contributed by atoms with Gasteiger partial charge in [-0.25, -0.2) is 0 Å². The monoisotopic (exact) mass is 351 g/mol. The lowest BCUT2D eigenvalue weighted by Gasteiger charge is -2.30. The van der Waals surface area contributed by atoms with Crippen molar-refractivity contribution in [2.45, 2.75) is 12.8 Å². The van der Waals surface area contributed by atoms with E-state index in [2.05, 4.69) is 15.9 Å². The van der Waals surface area contributed by atoms with Gasteiger partial charge in [0.15, 0.2) is 0 Å². The van der Waals surface area contributed by atoms with Gasteiger partial charge in [0.1, 0.15) is 0 Å². The van der Waals surface area contributed by atoms with Crippen molar-refractivity contribution < 1.29 is 14.3 Å². The third-order valence-electron chi connectivity index (χ3n) is 3.58. The molecule has 2 rings (SSSR count). The molecule has 1 saturated heterocycles. The van der Waals surface area contributed by atoms with E-state index in [0.717, 1.165) is 22.9 Å². The van der Waals surface area contributed by atoms with Crippen LogP contribution in [0.3, 0.4) is 0 Å². The average Bonchev–Trinajstić information content (AvgIpc) is 2.53. The summed E-state index contributed by atoms with van der Waals surface area (Å²) in [6.07, 6.45) is 4.95. The lowest BCUT2D eigenvalue weighted by atomic mass is 9.98. The molecule has 1 aromatic rings. The van der Waals surface area contributed by atoms with Crippen molar-refractivity contribution in [3.05, 3.63) is 40.4 Å². The number of benzene rings is 1. The van der Waals surface area contributed by atoms with E-state index in [9.17, 15) is 9.59 Å². The first-order valence-electron chi connectivity index (χ1n) is 6.91. The van der Waals surface area contributed by atoms with Crippen LogP contribution in [0.25, 0.3) is 6.08 Å². The van der Waals surface area contributed by atoms with E-state index < -0.39 is 0 Å². The highest BCUT2D eigenvalue weighted by molar-refractivity contribution is 9.10. The molecule has 0 aliphatic carbocycles. The minimum atomic E-state index is -0.234. The number of likely N-dealkylation sites (tertiary alicyclic amines) is 1. The average molecular weight is 352 g/mol. The largest absolute Gasteiger partial charge is 0.469 e. The Kier molecular flexibility index (Phi) is 5.56. The Labute approximate surface area is 132 Å².